The van der Waals surface area contributed by atoms with Crippen molar-refractivity contribution in [2.75, 3.05) is 6.54 Å². The lowest BCUT2D eigenvalue weighted by atomic mass is 10.1. The number of rotatable bonds is 5. The number of hydrogen-bond acceptors (Lipinski definition) is 2. The van der Waals surface area contributed by atoms with Crippen molar-refractivity contribution in [3.05, 3.63) is 69.7 Å². The molecule has 0 heterocycles. The van der Waals surface area contributed by atoms with Gasteiger partial charge in [0.05, 0.1) is 0 Å². The Morgan fingerprint density at radius 3 is 2.67 bits per heavy atom. The first kappa shape index (κ1) is 15.6. The van der Waals surface area contributed by atoms with Gasteiger partial charge in [0.15, 0.2) is 0 Å². The van der Waals surface area contributed by atoms with Gasteiger partial charge in [0.25, 0.3) is 0 Å². The summed E-state index contributed by atoms with van der Waals surface area (Å²) in [7, 11) is 0. The maximum atomic E-state index is 11.6. The van der Waals surface area contributed by atoms with Crippen LogP contribution < -0.4 is 5.32 Å². The molecule has 0 aliphatic rings. The molecule has 110 valence electrons. The van der Waals surface area contributed by atoms with Gasteiger partial charge in [-0.25, -0.2) is 4.79 Å². The van der Waals surface area contributed by atoms with E-state index >= 15 is 0 Å². The fourth-order valence-corrected chi connectivity index (χ4v) is 2.62. The van der Waals surface area contributed by atoms with Gasteiger partial charge in [-0.2, -0.15) is 0 Å². The number of alkyl carbamates (subject to hydrolysis) is 1. The fraction of sp³-hybridized carbons (Fsp3) is 0.235. The Morgan fingerprint density at radius 2 is 1.95 bits per heavy atom. The molecule has 2 aromatic rings. The number of aryl methyl sites for hydroxylation is 1. The number of carbonyl (C=O) groups excluding carboxylic acids is 1. The van der Waals surface area contributed by atoms with Gasteiger partial charge in [0.2, 0.25) is 0 Å². The molecule has 1 amide bonds. The van der Waals surface area contributed by atoms with Gasteiger partial charge in [-0.15, -0.1) is 0 Å². The van der Waals surface area contributed by atoms with Crippen LogP contribution in [-0.2, 0) is 17.8 Å². The summed E-state index contributed by atoms with van der Waals surface area (Å²) in [5.74, 6) is 0. The highest BCUT2D eigenvalue weighted by Gasteiger charge is 2.04. The molecule has 0 aliphatic heterocycles. The summed E-state index contributed by atoms with van der Waals surface area (Å²) < 4.78 is 6.22. The zero-order chi connectivity index (χ0) is 15.1. The SMILES string of the molecule is Cc1ccc(CCNC(=O)OCc2ccccc2)c(Br)c1. The molecule has 0 aliphatic carbocycles. The lowest BCUT2D eigenvalue weighted by molar-refractivity contribution is 0.140. The Labute approximate surface area is 133 Å². The zero-order valence-electron chi connectivity index (χ0n) is 11.9. The van der Waals surface area contributed by atoms with Crippen LogP contribution in [0.2, 0.25) is 0 Å². The van der Waals surface area contributed by atoms with Gasteiger partial charge in [-0.05, 0) is 36.1 Å². The molecular formula is C17H18BrNO2. The summed E-state index contributed by atoms with van der Waals surface area (Å²) in [6, 6.07) is 15.8. The Kier molecular flexibility index (Phi) is 5.81. The zero-order valence-corrected chi connectivity index (χ0v) is 13.5. The van der Waals surface area contributed by atoms with Crippen LogP contribution in [0.5, 0.6) is 0 Å². The third-order valence-electron chi connectivity index (χ3n) is 3.08. The standard InChI is InChI=1S/C17H18BrNO2/c1-13-7-8-15(16(18)11-13)9-10-19-17(20)21-12-14-5-3-2-4-6-14/h2-8,11H,9-10,12H2,1H3,(H,19,20). The van der Waals surface area contributed by atoms with E-state index in [0.29, 0.717) is 13.2 Å². The van der Waals surface area contributed by atoms with Crippen LogP contribution >= 0.6 is 15.9 Å². The Bertz CT molecular complexity index is 599. The van der Waals surface area contributed by atoms with Crippen molar-refractivity contribution in [1.29, 1.82) is 0 Å². The van der Waals surface area contributed by atoms with Crippen molar-refractivity contribution in [2.45, 2.75) is 20.0 Å². The van der Waals surface area contributed by atoms with E-state index in [1.807, 2.05) is 37.3 Å². The summed E-state index contributed by atoms with van der Waals surface area (Å²) in [5.41, 5.74) is 3.36. The minimum atomic E-state index is -0.387. The van der Waals surface area contributed by atoms with E-state index in [2.05, 4.69) is 39.4 Å². The summed E-state index contributed by atoms with van der Waals surface area (Å²) in [6.45, 7) is 2.89. The van der Waals surface area contributed by atoms with Gasteiger partial charge in [0.1, 0.15) is 6.61 Å². The minimum absolute atomic E-state index is 0.293. The first-order chi connectivity index (χ1) is 10.1. The van der Waals surface area contributed by atoms with Crippen LogP contribution in [-0.4, -0.2) is 12.6 Å². The number of hydrogen-bond donors (Lipinski definition) is 1. The largest absolute Gasteiger partial charge is 0.445 e. The second-order valence-corrected chi connectivity index (χ2v) is 5.69. The third-order valence-corrected chi connectivity index (χ3v) is 3.82. The smallest absolute Gasteiger partial charge is 0.407 e. The molecule has 3 nitrogen and oxygen atoms in total. The minimum Gasteiger partial charge on any atom is -0.445 e. The van der Waals surface area contributed by atoms with Crippen LogP contribution in [0.1, 0.15) is 16.7 Å². The quantitative estimate of drug-likeness (QED) is 0.878. The number of amides is 1. The Hall–Kier alpha value is -1.81. The number of carbonyl (C=O) groups is 1. The van der Waals surface area contributed by atoms with Crippen molar-refractivity contribution >= 4 is 22.0 Å². The molecule has 0 fully saturated rings. The first-order valence-corrected chi connectivity index (χ1v) is 7.64. The number of benzene rings is 2. The normalized spacial score (nSPS) is 10.2. The van der Waals surface area contributed by atoms with E-state index < -0.39 is 0 Å². The second-order valence-electron chi connectivity index (χ2n) is 4.83. The van der Waals surface area contributed by atoms with E-state index in [9.17, 15) is 4.79 Å². The number of halogens is 1. The molecule has 0 saturated heterocycles. The monoisotopic (exact) mass is 347 g/mol. The first-order valence-electron chi connectivity index (χ1n) is 6.85. The van der Waals surface area contributed by atoms with Crippen LogP contribution in [0.25, 0.3) is 0 Å². The van der Waals surface area contributed by atoms with E-state index in [1.165, 1.54) is 11.1 Å². The molecule has 0 unspecified atom stereocenters. The maximum Gasteiger partial charge on any atom is 0.407 e. The molecule has 2 aromatic carbocycles. The van der Waals surface area contributed by atoms with E-state index in [0.717, 1.165) is 16.5 Å². The van der Waals surface area contributed by atoms with Crippen molar-refractivity contribution < 1.29 is 9.53 Å². The summed E-state index contributed by atoms with van der Waals surface area (Å²) in [5, 5.41) is 2.76. The average molecular weight is 348 g/mol. The molecule has 1 N–H and O–H groups in total. The Morgan fingerprint density at radius 1 is 1.19 bits per heavy atom. The van der Waals surface area contributed by atoms with Crippen LogP contribution in [0, 0.1) is 6.92 Å². The fourth-order valence-electron chi connectivity index (χ4n) is 1.93. The summed E-state index contributed by atoms with van der Waals surface area (Å²) >= 11 is 3.53. The molecule has 0 bridgehead atoms. The summed E-state index contributed by atoms with van der Waals surface area (Å²) in [4.78, 5) is 11.6. The Balaban J connectivity index is 1.72. The molecule has 21 heavy (non-hydrogen) atoms. The van der Waals surface area contributed by atoms with Crippen molar-refractivity contribution in [3.8, 4) is 0 Å². The highest BCUT2D eigenvalue weighted by atomic mass is 79.9. The van der Waals surface area contributed by atoms with Crippen molar-refractivity contribution in [1.82, 2.24) is 5.32 Å². The highest BCUT2D eigenvalue weighted by Crippen LogP contribution is 2.18. The maximum absolute atomic E-state index is 11.6. The van der Waals surface area contributed by atoms with Gasteiger partial charge in [-0.1, -0.05) is 58.4 Å². The molecule has 0 aromatic heterocycles. The predicted molar refractivity (Wildman–Crippen MR) is 87.2 cm³/mol. The molecule has 0 atom stereocenters. The van der Waals surface area contributed by atoms with E-state index in [-0.39, 0.29) is 6.09 Å². The molecular weight excluding hydrogens is 330 g/mol. The highest BCUT2D eigenvalue weighted by molar-refractivity contribution is 9.10. The van der Waals surface area contributed by atoms with Crippen LogP contribution in [0.4, 0.5) is 4.79 Å². The number of nitrogens with one attached hydrogen (secondary N) is 1. The molecule has 4 heteroatoms. The van der Waals surface area contributed by atoms with Gasteiger partial charge in [0, 0.05) is 11.0 Å². The molecule has 0 spiro atoms. The van der Waals surface area contributed by atoms with Crippen LogP contribution in [0.3, 0.4) is 0 Å². The topological polar surface area (TPSA) is 38.3 Å². The van der Waals surface area contributed by atoms with Crippen molar-refractivity contribution in [3.63, 3.8) is 0 Å². The summed E-state index contributed by atoms with van der Waals surface area (Å²) in [6.07, 6.45) is 0.378. The molecule has 0 radical (unpaired) electrons. The molecule has 2 rings (SSSR count). The van der Waals surface area contributed by atoms with E-state index in [4.69, 9.17) is 4.74 Å². The van der Waals surface area contributed by atoms with Gasteiger partial charge < -0.3 is 10.1 Å². The van der Waals surface area contributed by atoms with E-state index in [1.54, 1.807) is 0 Å². The third kappa shape index (κ3) is 5.23. The second kappa shape index (κ2) is 7.84. The lowest BCUT2D eigenvalue weighted by Gasteiger charge is -2.08. The predicted octanol–water partition coefficient (Wildman–Crippen LogP) is 4.23. The average Bonchev–Trinajstić information content (AvgIpc) is 2.48. The van der Waals surface area contributed by atoms with Crippen LogP contribution in [0.15, 0.2) is 53.0 Å². The van der Waals surface area contributed by atoms with Gasteiger partial charge >= 0.3 is 6.09 Å². The van der Waals surface area contributed by atoms with Crippen molar-refractivity contribution in [2.24, 2.45) is 0 Å². The lowest BCUT2D eigenvalue weighted by Crippen LogP contribution is -2.26. The molecule has 0 saturated carbocycles. The van der Waals surface area contributed by atoms with Gasteiger partial charge in [-0.3, -0.25) is 0 Å². The number of ether oxygens (including phenoxy) is 1.